The molecule has 1 rings (SSSR count). The first kappa shape index (κ1) is 10.3. The number of rotatable bonds is 2. The third-order valence-corrected chi connectivity index (χ3v) is 3.04. The van der Waals surface area contributed by atoms with E-state index in [4.69, 9.17) is 0 Å². The van der Waals surface area contributed by atoms with E-state index in [1.807, 2.05) is 12.2 Å². The minimum absolute atomic E-state index is 0.384. The van der Waals surface area contributed by atoms with Crippen LogP contribution in [0.15, 0.2) is 37.0 Å². The first-order valence-electron chi connectivity index (χ1n) is 5.05. The molecule has 1 atom stereocenters. The van der Waals surface area contributed by atoms with E-state index < -0.39 is 0 Å². The molecule has 0 aliphatic heterocycles. The van der Waals surface area contributed by atoms with Crippen LogP contribution in [-0.2, 0) is 0 Å². The van der Waals surface area contributed by atoms with Crippen molar-refractivity contribution < 1.29 is 0 Å². The van der Waals surface area contributed by atoms with E-state index in [1.54, 1.807) is 0 Å². The third-order valence-electron chi connectivity index (χ3n) is 3.04. The van der Waals surface area contributed by atoms with Gasteiger partial charge in [0, 0.05) is 5.92 Å². The standard InChI is InChI=1S/C13H20/c1-5-6-9-12-11(2)8-7-10-13(12,3)4/h5-6,9,12H,1-2,7-8,10H2,3-4H3/b9-6+. The number of hydrogen-bond donors (Lipinski definition) is 0. The summed E-state index contributed by atoms with van der Waals surface area (Å²) in [5.41, 5.74) is 1.77. The predicted molar refractivity (Wildman–Crippen MR) is 59.6 cm³/mol. The fraction of sp³-hybridized carbons (Fsp3) is 0.538. The van der Waals surface area contributed by atoms with Crippen molar-refractivity contribution in [3.05, 3.63) is 37.0 Å². The van der Waals surface area contributed by atoms with Gasteiger partial charge in [0.05, 0.1) is 0 Å². The highest BCUT2D eigenvalue weighted by Gasteiger charge is 2.32. The van der Waals surface area contributed by atoms with E-state index in [0.717, 1.165) is 0 Å². The van der Waals surface area contributed by atoms with Crippen LogP contribution in [-0.4, -0.2) is 0 Å². The molecule has 1 aliphatic carbocycles. The Kier molecular flexibility index (Phi) is 3.13. The molecule has 1 saturated carbocycles. The number of allylic oxidation sites excluding steroid dienone is 4. The monoisotopic (exact) mass is 176 g/mol. The lowest BCUT2D eigenvalue weighted by atomic mass is 9.67. The van der Waals surface area contributed by atoms with Gasteiger partial charge in [-0.05, 0) is 24.7 Å². The number of hydrogen-bond acceptors (Lipinski definition) is 0. The minimum atomic E-state index is 0.384. The lowest BCUT2D eigenvalue weighted by Crippen LogP contribution is -2.27. The van der Waals surface area contributed by atoms with E-state index in [2.05, 4.69) is 33.1 Å². The predicted octanol–water partition coefficient (Wildman–Crippen LogP) is 4.11. The molecule has 0 nitrogen and oxygen atoms in total. The van der Waals surface area contributed by atoms with Crippen LogP contribution in [0.1, 0.15) is 33.1 Å². The highest BCUT2D eigenvalue weighted by molar-refractivity contribution is 5.18. The van der Waals surface area contributed by atoms with Crippen molar-refractivity contribution in [2.75, 3.05) is 0 Å². The maximum Gasteiger partial charge on any atom is 0.00284 e. The Hall–Kier alpha value is -0.780. The van der Waals surface area contributed by atoms with E-state index in [0.29, 0.717) is 11.3 Å². The molecule has 0 bridgehead atoms. The molecule has 0 saturated heterocycles. The van der Waals surface area contributed by atoms with Crippen molar-refractivity contribution in [3.8, 4) is 0 Å². The van der Waals surface area contributed by atoms with Crippen LogP contribution in [0.3, 0.4) is 0 Å². The molecule has 0 amide bonds. The quantitative estimate of drug-likeness (QED) is 0.439. The molecule has 0 spiro atoms. The van der Waals surface area contributed by atoms with Gasteiger partial charge in [0.2, 0.25) is 0 Å². The summed E-state index contributed by atoms with van der Waals surface area (Å²) in [7, 11) is 0. The summed E-state index contributed by atoms with van der Waals surface area (Å²) in [5, 5.41) is 0. The minimum Gasteiger partial charge on any atom is -0.0992 e. The summed E-state index contributed by atoms with van der Waals surface area (Å²) in [6.07, 6.45) is 9.92. The Labute approximate surface area is 82.0 Å². The van der Waals surface area contributed by atoms with Crippen LogP contribution in [0.4, 0.5) is 0 Å². The van der Waals surface area contributed by atoms with Crippen LogP contribution in [0.5, 0.6) is 0 Å². The second-order valence-electron chi connectivity index (χ2n) is 4.60. The molecule has 0 aromatic carbocycles. The molecule has 0 heteroatoms. The third kappa shape index (κ3) is 2.33. The summed E-state index contributed by atoms with van der Waals surface area (Å²) in [4.78, 5) is 0. The fourth-order valence-corrected chi connectivity index (χ4v) is 2.22. The van der Waals surface area contributed by atoms with Crippen molar-refractivity contribution in [1.29, 1.82) is 0 Å². The van der Waals surface area contributed by atoms with Crippen molar-refractivity contribution in [1.82, 2.24) is 0 Å². The van der Waals surface area contributed by atoms with Crippen LogP contribution in [0.2, 0.25) is 0 Å². The summed E-state index contributed by atoms with van der Waals surface area (Å²) < 4.78 is 0. The Bertz CT molecular complexity index is 230. The highest BCUT2D eigenvalue weighted by atomic mass is 14.4. The van der Waals surface area contributed by atoms with Crippen LogP contribution in [0, 0.1) is 11.3 Å². The first-order valence-corrected chi connectivity index (χ1v) is 5.05. The van der Waals surface area contributed by atoms with Gasteiger partial charge in [0.25, 0.3) is 0 Å². The van der Waals surface area contributed by atoms with Crippen LogP contribution >= 0.6 is 0 Å². The van der Waals surface area contributed by atoms with Gasteiger partial charge >= 0.3 is 0 Å². The van der Waals surface area contributed by atoms with Crippen molar-refractivity contribution in [3.63, 3.8) is 0 Å². The Morgan fingerprint density at radius 1 is 1.46 bits per heavy atom. The zero-order valence-electron chi connectivity index (χ0n) is 8.84. The van der Waals surface area contributed by atoms with Gasteiger partial charge in [-0.3, -0.25) is 0 Å². The van der Waals surface area contributed by atoms with Gasteiger partial charge in [0.1, 0.15) is 0 Å². The zero-order chi connectivity index (χ0) is 9.90. The van der Waals surface area contributed by atoms with Gasteiger partial charge in [-0.2, -0.15) is 0 Å². The van der Waals surface area contributed by atoms with Crippen LogP contribution in [0.25, 0.3) is 0 Å². The molecule has 0 radical (unpaired) electrons. The van der Waals surface area contributed by atoms with E-state index in [1.165, 1.54) is 24.8 Å². The lowest BCUT2D eigenvalue weighted by molar-refractivity contribution is 0.228. The highest BCUT2D eigenvalue weighted by Crippen LogP contribution is 2.43. The molecule has 1 aliphatic rings. The molecular weight excluding hydrogens is 156 g/mol. The molecule has 0 N–H and O–H groups in total. The molecular formula is C13H20. The van der Waals surface area contributed by atoms with E-state index in [-0.39, 0.29) is 0 Å². The maximum atomic E-state index is 4.16. The molecule has 0 aromatic rings. The average Bonchev–Trinajstić information content (AvgIpc) is 2.02. The largest absolute Gasteiger partial charge is 0.0992 e. The summed E-state index contributed by atoms with van der Waals surface area (Å²) in [6, 6.07) is 0. The average molecular weight is 176 g/mol. The molecule has 0 aromatic heterocycles. The Morgan fingerprint density at radius 2 is 2.15 bits per heavy atom. The van der Waals surface area contributed by atoms with Gasteiger partial charge in [0.15, 0.2) is 0 Å². The molecule has 1 fully saturated rings. The molecule has 0 heterocycles. The SMILES string of the molecule is C=C/C=C/C1C(=C)CCCC1(C)C. The first-order chi connectivity index (χ1) is 6.08. The van der Waals surface area contributed by atoms with Gasteiger partial charge < -0.3 is 0 Å². The second kappa shape index (κ2) is 3.95. The Balaban J connectivity index is 2.80. The summed E-state index contributed by atoms with van der Waals surface area (Å²) >= 11 is 0. The van der Waals surface area contributed by atoms with Crippen LogP contribution < -0.4 is 0 Å². The second-order valence-corrected chi connectivity index (χ2v) is 4.60. The Morgan fingerprint density at radius 3 is 2.69 bits per heavy atom. The smallest absolute Gasteiger partial charge is 0.00284 e. The van der Waals surface area contributed by atoms with Gasteiger partial charge in [-0.15, -0.1) is 0 Å². The van der Waals surface area contributed by atoms with E-state index in [9.17, 15) is 0 Å². The van der Waals surface area contributed by atoms with Crippen molar-refractivity contribution in [2.45, 2.75) is 33.1 Å². The zero-order valence-corrected chi connectivity index (χ0v) is 8.84. The van der Waals surface area contributed by atoms with E-state index >= 15 is 0 Å². The molecule has 13 heavy (non-hydrogen) atoms. The molecule has 1 unspecified atom stereocenters. The summed E-state index contributed by atoms with van der Waals surface area (Å²) in [5.74, 6) is 0.541. The van der Waals surface area contributed by atoms with Crippen molar-refractivity contribution >= 4 is 0 Å². The van der Waals surface area contributed by atoms with Gasteiger partial charge in [-0.25, -0.2) is 0 Å². The van der Waals surface area contributed by atoms with Crippen molar-refractivity contribution in [2.24, 2.45) is 11.3 Å². The summed E-state index contributed by atoms with van der Waals surface area (Å²) in [6.45, 7) is 12.5. The topological polar surface area (TPSA) is 0 Å². The lowest BCUT2D eigenvalue weighted by Gasteiger charge is -2.38. The maximum absolute atomic E-state index is 4.16. The van der Waals surface area contributed by atoms with Gasteiger partial charge in [-0.1, -0.05) is 50.8 Å². The normalized spacial score (nSPS) is 27.8. The fourth-order valence-electron chi connectivity index (χ4n) is 2.22. The molecule has 72 valence electrons.